The number of carbonyl (C=O) groups excluding carboxylic acids is 2. The summed E-state index contributed by atoms with van der Waals surface area (Å²) < 4.78 is 5.91. The number of esters is 1. The normalized spacial score (nSPS) is 29.1. The lowest BCUT2D eigenvalue weighted by atomic mass is 9.86. The first kappa shape index (κ1) is 28.4. The zero-order chi connectivity index (χ0) is 23.7. The number of nitrogens with two attached hydrogens (primary N) is 1. The second kappa shape index (κ2) is 12.4. The Hall–Kier alpha value is -2.19. The van der Waals surface area contributed by atoms with Crippen LogP contribution in [0.25, 0.3) is 0 Å². The first-order valence-electron chi connectivity index (χ1n) is 12.9. The summed E-state index contributed by atoms with van der Waals surface area (Å²) in [5, 5.41) is 10.7. The van der Waals surface area contributed by atoms with Crippen molar-refractivity contribution in [3.8, 4) is 0 Å². The van der Waals surface area contributed by atoms with Crippen LogP contribution in [0.3, 0.4) is 0 Å². The number of ether oxygens (including phenoxy) is 1. The third kappa shape index (κ3) is 6.38. The van der Waals surface area contributed by atoms with Crippen LogP contribution in [0.1, 0.15) is 56.9 Å². The molecule has 200 valence electrons. The molecule has 3 aliphatic carbocycles. The number of benzene rings is 1. The second-order valence-corrected chi connectivity index (χ2v) is 10.6. The first-order valence-corrected chi connectivity index (χ1v) is 12.9. The number of halogens is 2. The van der Waals surface area contributed by atoms with E-state index in [1.54, 1.807) is 0 Å². The minimum Gasteiger partial charge on any atom is -0.462 e. The van der Waals surface area contributed by atoms with E-state index in [0.29, 0.717) is 19.0 Å². The quantitative estimate of drug-likeness (QED) is 0.298. The van der Waals surface area contributed by atoms with Crippen LogP contribution in [-0.2, 0) is 9.53 Å². The summed E-state index contributed by atoms with van der Waals surface area (Å²) in [7, 11) is 0. The minimum absolute atomic E-state index is 0. The number of nitrogens with one attached hydrogen (secondary N) is 2. The molecule has 2 bridgehead atoms. The maximum absolute atomic E-state index is 12.8. The molecule has 2 amide bonds. The Morgan fingerprint density at radius 2 is 1.58 bits per heavy atom. The Morgan fingerprint density at radius 1 is 0.917 bits per heavy atom. The molecule has 1 aromatic carbocycles. The van der Waals surface area contributed by atoms with Gasteiger partial charge in [0.25, 0.3) is 0 Å². The Labute approximate surface area is 226 Å². The molecule has 0 radical (unpaired) electrons. The number of amides is 2. The highest BCUT2D eigenvalue weighted by atomic mass is 35.5. The van der Waals surface area contributed by atoms with Crippen LogP contribution in [-0.4, -0.2) is 61.1 Å². The standard InChI is InChI=1S/C26H37N5O3.2ClH/c27-24(28)18-5-9-22(10-6-18)30-11-13-31(14-12-30)26(33)29-21-7-3-19(4-8-21)25(32)34-23-16-17-1-2-20(23)15-17;;/h5-6,9-10,17,19-21,23H,1-4,7-8,11-16H2,(H3,27,28)(H,29,33);2*1H/t17-,19?,20?,21?,23-;;/m0../s1. The highest BCUT2D eigenvalue weighted by Crippen LogP contribution is 2.46. The van der Waals surface area contributed by atoms with Crippen molar-refractivity contribution >= 4 is 48.3 Å². The van der Waals surface area contributed by atoms with Gasteiger partial charge < -0.3 is 25.6 Å². The number of hydrogen-bond acceptors (Lipinski definition) is 5. The van der Waals surface area contributed by atoms with Gasteiger partial charge in [0.05, 0.1) is 5.92 Å². The fraction of sp³-hybridized carbons (Fsp3) is 0.654. The maximum atomic E-state index is 12.8. The topological polar surface area (TPSA) is 112 Å². The molecule has 4 N–H and O–H groups in total. The monoisotopic (exact) mass is 539 g/mol. The molecule has 1 saturated heterocycles. The Morgan fingerprint density at radius 3 is 2.14 bits per heavy atom. The van der Waals surface area contributed by atoms with Crippen molar-refractivity contribution in [2.45, 2.75) is 63.5 Å². The second-order valence-electron chi connectivity index (χ2n) is 10.6. The van der Waals surface area contributed by atoms with Gasteiger partial charge in [-0.2, -0.15) is 0 Å². The smallest absolute Gasteiger partial charge is 0.317 e. The van der Waals surface area contributed by atoms with E-state index in [1.165, 1.54) is 19.3 Å². The molecule has 36 heavy (non-hydrogen) atoms. The number of carbonyl (C=O) groups is 2. The van der Waals surface area contributed by atoms with Gasteiger partial charge in [-0.15, -0.1) is 24.8 Å². The fourth-order valence-electron chi connectivity index (χ4n) is 6.34. The zero-order valence-corrected chi connectivity index (χ0v) is 22.3. The summed E-state index contributed by atoms with van der Waals surface area (Å²) in [6, 6.07) is 7.82. The van der Waals surface area contributed by atoms with Gasteiger partial charge in [-0.25, -0.2) is 4.79 Å². The van der Waals surface area contributed by atoms with Gasteiger partial charge in [0.15, 0.2) is 0 Å². The molecule has 3 saturated carbocycles. The molecule has 1 unspecified atom stereocenters. The van der Waals surface area contributed by atoms with Crippen LogP contribution in [0, 0.1) is 23.2 Å². The van der Waals surface area contributed by atoms with Gasteiger partial charge in [0.2, 0.25) is 0 Å². The number of nitrogen functional groups attached to an aromatic ring is 1. The predicted octanol–water partition coefficient (Wildman–Crippen LogP) is 3.94. The largest absolute Gasteiger partial charge is 0.462 e. The summed E-state index contributed by atoms with van der Waals surface area (Å²) >= 11 is 0. The van der Waals surface area contributed by atoms with E-state index < -0.39 is 0 Å². The van der Waals surface area contributed by atoms with Gasteiger partial charge in [0.1, 0.15) is 11.9 Å². The summed E-state index contributed by atoms with van der Waals surface area (Å²) in [4.78, 5) is 29.6. The molecule has 1 aliphatic heterocycles. The lowest BCUT2D eigenvalue weighted by Gasteiger charge is -2.37. The highest BCUT2D eigenvalue weighted by molar-refractivity contribution is 5.95. The van der Waals surface area contributed by atoms with E-state index in [2.05, 4.69) is 10.2 Å². The average molecular weight is 541 g/mol. The summed E-state index contributed by atoms with van der Waals surface area (Å²) in [6.07, 6.45) is 8.29. The number of rotatable bonds is 5. The van der Waals surface area contributed by atoms with Gasteiger partial charge in [0, 0.05) is 43.5 Å². The van der Waals surface area contributed by atoms with E-state index in [4.69, 9.17) is 15.9 Å². The van der Waals surface area contributed by atoms with Crippen molar-refractivity contribution in [1.82, 2.24) is 10.2 Å². The summed E-state index contributed by atoms with van der Waals surface area (Å²) in [6.45, 7) is 2.89. The van der Waals surface area contributed by atoms with E-state index in [9.17, 15) is 9.59 Å². The van der Waals surface area contributed by atoms with Gasteiger partial charge in [-0.3, -0.25) is 10.2 Å². The predicted molar refractivity (Wildman–Crippen MR) is 145 cm³/mol. The van der Waals surface area contributed by atoms with Crippen LogP contribution in [0.15, 0.2) is 24.3 Å². The molecule has 1 heterocycles. The van der Waals surface area contributed by atoms with Crippen molar-refractivity contribution < 1.29 is 14.3 Å². The van der Waals surface area contributed by atoms with E-state index >= 15 is 0 Å². The SMILES string of the molecule is Cl.Cl.N=C(N)c1ccc(N2CCN(C(=O)NC3CCC(C(=O)O[C@H]4C[C@H]5CCC4C5)CC3)CC2)cc1. The third-order valence-electron chi connectivity index (χ3n) is 8.44. The Bertz CT molecular complexity index is 915. The van der Waals surface area contributed by atoms with Crippen molar-refractivity contribution in [3.05, 3.63) is 29.8 Å². The number of urea groups is 1. The van der Waals surface area contributed by atoms with Crippen molar-refractivity contribution in [1.29, 1.82) is 5.41 Å². The number of amidine groups is 1. The van der Waals surface area contributed by atoms with Crippen LogP contribution in [0.5, 0.6) is 0 Å². The molecule has 0 spiro atoms. The molecule has 4 fully saturated rings. The first-order chi connectivity index (χ1) is 16.5. The lowest BCUT2D eigenvalue weighted by molar-refractivity contribution is -0.157. The van der Waals surface area contributed by atoms with Crippen molar-refractivity contribution in [2.75, 3.05) is 31.1 Å². The van der Waals surface area contributed by atoms with Gasteiger partial charge in [-0.1, -0.05) is 0 Å². The minimum atomic E-state index is -0.00906. The van der Waals surface area contributed by atoms with E-state index in [0.717, 1.165) is 62.4 Å². The van der Waals surface area contributed by atoms with Crippen LogP contribution >= 0.6 is 24.8 Å². The summed E-state index contributed by atoms with van der Waals surface area (Å²) in [5.74, 6) is 1.44. The summed E-state index contributed by atoms with van der Waals surface area (Å²) in [5.41, 5.74) is 7.33. The number of nitrogens with zero attached hydrogens (tertiary/aromatic N) is 2. The molecule has 8 nitrogen and oxygen atoms in total. The van der Waals surface area contributed by atoms with Crippen LogP contribution in [0.2, 0.25) is 0 Å². The number of piperazine rings is 1. The highest BCUT2D eigenvalue weighted by Gasteiger charge is 2.42. The molecule has 1 aromatic rings. The molecular formula is C26H39Cl2N5O3. The third-order valence-corrected chi connectivity index (χ3v) is 8.44. The van der Waals surface area contributed by atoms with Crippen molar-refractivity contribution in [2.24, 2.45) is 23.5 Å². The lowest BCUT2D eigenvalue weighted by Crippen LogP contribution is -2.54. The zero-order valence-electron chi connectivity index (χ0n) is 20.7. The molecule has 0 aromatic heterocycles. The van der Waals surface area contributed by atoms with Crippen LogP contribution < -0.4 is 16.0 Å². The van der Waals surface area contributed by atoms with Gasteiger partial charge in [-0.05, 0) is 87.5 Å². The molecule has 5 rings (SSSR count). The van der Waals surface area contributed by atoms with Crippen LogP contribution in [0.4, 0.5) is 10.5 Å². The molecular weight excluding hydrogens is 501 g/mol. The average Bonchev–Trinajstić information content (AvgIpc) is 3.48. The van der Waals surface area contributed by atoms with E-state index in [-0.39, 0.29) is 60.7 Å². The molecule has 3 atom stereocenters. The Kier molecular flexibility index (Phi) is 9.75. The van der Waals surface area contributed by atoms with Crippen molar-refractivity contribution in [3.63, 3.8) is 0 Å². The number of fused-ring (bicyclic) bond motifs is 2. The van der Waals surface area contributed by atoms with E-state index in [1.807, 2.05) is 29.2 Å². The Balaban J connectivity index is 0.00000180. The molecule has 4 aliphatic rings. The fourth-order valence-corrected chi connectivity index (χ4v) is 6.34. The number of hydrogen-bond donors (Lipinski definition) is 3. The molecule has 10 heteroatoms. The maximum Gasteiger partial charge on any atom is 0.317 e. The number of anilines is 1. The van der Waals surface area contributed by atoms with Gasteiger partial charge >= 0.3 is 12.0 Å².